The maximum atomic E-state index is 13.2. The van der Waals surface area contributed by atoms with Gasteiger partial charge in [-0.05, 0) is 37.3 Å². The molecule has 0 unspecified atom stereocenters. The Balaban J connectivity index is 1.49. The monoisotopic (exact) mass is 538 g/mol. The number of aromatic nitrogens is 4. The molecule has 39 heavy (non-hydrogen) atoms. The van der Waals surface area contributed by atoms with E-state index in [1.165, 1.54) is 6.20 Å². The number of halogens is 1. The first kappa shape index (κ1) is 25.7. The highest BCUT2D eigenvalue weighted by Crippen LogP contribution is 2.34. The summed E-state index contributed by atoms with van der Waals surface area (Å²) < 4.78 is 4.97. The summed E-state index contributed by atoms with van der Waals surface area (Å²) in [5, 5.41) is 4.04. The van der Waals surface area contributed by atoms with Crippen LogP contribution in [0.2, 0.25) is 5.02 Å². The highest BCUT2D eigenvalue weighted by atomic mass is 35.5. The molecule has 10 heteroatoms. The minimum absolute atomic E-state index is 0.0192. The Hall–Kier alpha value is -4.89. The molecular weight excluding hydrogens is 516 g/mol. The zero-order valence-corrected chi connectivity index (χ0v) is 21.6. The van der Waals surface area contributed by atoms with Crippen molar-refractivity contribution in [1.82, 2.24) is 25.3 Å². The number of rotatable bonds is 7. The number of benzene rings is 2. The number of amides is 1. The van der Waals surface area contributed by atoms with Crippen molar-refractivity contribution < 1.29 is 14.3 Å². The molecule has 0 aliphatic heterocycles. The zero-order valence-electron chi connectivity index (χ0n) is 20.9. The van der Waals surface area contributed by atoms with Gasteiger partial charge in [-0.2, -0.15) is 0 Å². The average molecular weight is 539 g/mol. The topological polar surface area (TPSA) is 133 Å². The number of hydrogen-bond donors (Lipinski definition) is 2. The van der Waals surface area contributed by atoms with Crippen LogP contribution in [0.3, 0.4) is 0 Å². The molecule has 5 rings (SSSR count). The second-order valence-electron chi connectivity index (χ2n) is 8.50. The number of esters is 1. The Morgan fingerprint density at radius 2 is 1.74 bits per heavy atom. The molecule has 5 aromatic rings. The Labute approximate surface area is 229 Å². The number of ether oxygens (including phenoxy) is 1. The first-order valence-electron chi connectivity index (χ1n) is 12.1. The molecule has 1 amide bonds. The van der Waals surface area contributed by atoms with Crippen molar-refractivity contribution in [2.45, 2.75) is 13.5 Å². The van der Waals surface area contributed by atoms with Gasteiger partial charge in [0.05, 0.1) is 46.3 Å². The summed E-state index contributed by atoms with van der Waals surface area (Å²) in [5.74, 6) is -1.00. The van der Waals surface area contributed by atoms with Crippen molar-refractivity contribution in [1.29, 1.82) is 0 Å². The van der Waals surface area contributed by atoms with E-state index in [4.69, 9.17) is 22.1 Å². The van der Waals surface area contributed by atoms with E-state index in [1.54, 1.807) is 31.3 Å². The van der Waals surface area contributed by atoms with E-state index in [0.717, 1.165) is 10.9 Å². The molecule has 0 aliphatic carbocycles. The molecule has 3 aromatic heterocycles. The highest BCUT2D eigenvalue weighted by Gasteiger charge is 2.21. The lowest BCUT2D eigenvalue weighted by atomic mass is 10.0. The van der Waals surface area contributed by atoms with Crippen molar-refractivity contribution in [3.05, 3.63) is 101 Å². The summed E-state index contributed by atoms with van der Waals surface area (Å²) in [6, 6.07) is 20.0. The van der Waals surface area contributed by atoms with E-state index in [1.807, 2.05) is 48.5 Å². The van der Waals surface area contributed by atoms with E-state index >= 15 is 0 Å². The van der Waals surface area contributed by atoms with Gasteiger partial charge >= 0.3 is 5.97 Å². The molecule has 0 atom stereocenters. The van der Waals surface area contributed by atoms with Crippen LogP contribution in [0.15, 0.2) is 79.1 Å². The van der Waals surface area contributed by atoms with Crippen LogP contribution in [-0.2, 0) is 11.3 Å². The van der Waals surface area contributed by atoms with Gasteiger partial charge in [0.2, 0.25) is 0 Å². The van der Waals surface area contributed by atoms with Crippen molar-refractivity contribution >= 4 is 40.2 Å². The molecule has 0 aliphatic rings. The maximum absolute atomic E-state index is 13.2. The normalized spacial score (nSPS) is 10.8. The summed E-state index contributed by atoms with van der Waals surface area (Å²) in [6.07, 6.45) is 3.08. The molecule has 9 nitrogen and oxygen atoms in total. The Morgan fingerprint density at radius 1 is 0.949 bits per heavy atom. The van der Waals surface area contributed by atoms with Crippen molar-refractivity contribution in [2.75, 3.05) is 12.3 Å². The second-order valence-corrected chi connectivity index (χ2v) is 8.90. The minimum atomic E-state index is -0.523. The molecule has 2 aromatic carbocycles. The van der Waals surface area contributed by atoms with Crippen LogP contribution in [0.4, 0.5) is 5.82 Å². The number of carbonyl (C=O) groups excluding carboxylic acids is 2. The zero-order chi connectivity index (χ0) is 27.4. The Bertz CT molecular complexity index is 1680. The van der Waals surface area contributed by atoms with Crippen LogP contribution in [0.1, 0.15) is 33.5 Å². The molecule has 0 saturated heterocycles. The minimum Gasteiger partial charge on any atom is -0.462 e. The molecule has 3 N–H and O–H groups in total. The number of pyridine rings is 2. The van der Waals surface area contributed by atoms with Crippen LogP contribution in [0.5, 0.6) is 0 Å². The van der Waals surface area contributed by atoms with Crippen molar-refractivity contribution in [2.24, 2.45) is 0 Å². The van der Waals surface area contributed by atoms with E-state index in [2.05, 4.69) is 25.3 Å². The summed E-state index contributed by atoms with van der Waals surface area (Å²) in [7, 11) is 0. The third kappa shape index (κ3) is 5.53. The first-order chi connectivity index (χ1) is 18.9. The van der Waals surface area contributed by atoms with Gasteiger partial charge in [0, 0.05) is 28.9 Å². The lowest BCUT2D eigenvalue weighted by Gasteiger charge is -2.14. The SMILES string of the molecule is CCOC(=O)c1ccc(CNC(=O)c2nc(-c3cc(Cl)c4ncccc4c3)c(-c3ccccc3)nc2N)nc1. The lowest BCUT2D eigenvalue weighted by Crippen LogP contribution is -2.26. The van der Waals surface area contributed by atoms with E-state index < -0.39 is 11.9 Å². The predicted octanol–water partition coefficient (Wildman–Crippen LogP) is 5.10. The van der Waals surface area contributed by atoms with Crippen LogP contribution >= 0.6 is 11.6 Å². The fraction of sp³-hybridized carbons (Fsp3) is 0.103. The van der Waals surface area contributed by atoms with Gasteiger partial charge in [0.15, 0.2) is 11.5 Å². The number of anilines is 1. The van der Waals surface area contributed by atoms with Gasteiger partial charge in [0.25, 0.3) is 5.91 Å². The summed E-state index contributed by atoms with van der Waals surface area (Å²) >= 11 is 6.56. The van der Waals surface area contributed by atoms with Gasteiger partial charge in [-0.3, -0.25) is 14.8 Å². The standard InChI is InChI=1S/C29H23ClN6O3/c1-2-39-29(38)19-10-11-21(33-15-19)16-34-28(37)26-27(31)36-24(17-7-4-3-5-8-17)25(35-26)20-13-18-9-6-12-32-23(18)22(30)14-20/h3-15H,2,16H2,1H3,(H2,31,36)(H,34,37). The van der Waals surface area contributed by atoms with Crippen molar-refractivity contribution in [3.8, 4) is 22.5 Å². The van der Waals surface area contributed by atoms with Gasteiger partial charge in [-0.15, -0.1) is 0 Å². The molecule has 0 saturated carbocycles. The number of nitrogens with zero attached hydrogens (tertiary/aromatic N) is 4. The van der Waals surface area contributed by atoms with Gasteiger partial charge in [-0.25, -0.2) is 14.8 Å². The number of carbonyl (C=O) groups is 2. The largest absolute Gasteiger partial charge is 0.462 e. The fourth-order valence-electron chi connectivity index (χ4n) is 4.02. The molecule has 3 heterocycles. The summed E-state index contributed by atoms with van der Waals surface area (Å²) in [4.78, 5) is 42.9. The molecule has 194 valence electrons. The first-order valence-corrected chi connectivity index (χ1v) is 12.5. The number of nitrogen functional groups attached to an aromatic ring is 1. The molecule has 0 radical (unpaired) electrons. The van der Waals surface area contributed by atoms with E-state index in [0.29, 0.717) is 38.7 Å². The van der Waals surface area contributed by atoms with Gasteiger partial charge in [0.1, 0.15) is 0 Å². The van der Waals surface area contributed by atoms with Crippen LogP contribution < -0.4 is 11.1 Å². The van der Waals surface area contributed by atoms with Gasteiger partial charge < -0.3 is 15.8 Å². The lowest BCUT2D eigenvalue weighted by molar-refractivity contribution is 0.0525. The highest BCUT2D eigenvalue weighted by molar-refractivity contribution is 6.35. The molecule has 0 spiro atoms. The smallest absolute Gasteiger partial charge is 0.339 e. The third-order valence-corrected chi connectivity index (χ3v) is 6.17. The fourth-order valence-corrected chi connectivity index (χ4v) is 4.29. The Kier molecular flexibility index (Phi) is 7.42. The quantitative estimate of drug-likeness (QED) is 0.273. The average Bonchev–Trinajstić information content (AvgIpc) is 2.96. The van der Waals surface area contributed by atoms with E-state index in [9.17, 15) is 9.59 Å². The Morgan fingerprint density at radius 3 is 2.49 bits per heavy atom. The van der Waals surface area contributed by atoms with Gasteiger partial charge in [-0.1, -0.05) is 48.0 Å². The predicted molar refractivity (Wildman–Crippen MR) is 149 cm³/mol. The third-order valence-electron chi connectivity index (χ3n) is 5.88. The number of hydrogen-bond acceptors (Lipinski definition) is 8. The number of nitrogens with one attached hydrogen (secondary N) is 1. The van der Waals surface area contributed by atoms with Crippen LogP contribution in [-0.4, -0.2) is 38.4 Å². The maximum Gasteiger partial charge on any atom is 0.339 e. The number of nitrogens with two attached hydrogens (primary N) is 1. The molecule has 0 bridgehead atoms. The summed E-state index contributed by atoms with van der Waals surface area (Å²) in [5.41, 5.74) is 10.1. The van der Waals surface area contributed by atoms with Crippen LogP contribution in [0.25, 0.3) is 33.4 Å². The summed E-state index contributed by atoms with van der Waals surface area (Å²) in [6.45, 7) is 2.09. The van der Waals surface area contributed by atoms with E-state index in [-0.39, 0.29) is 24.7 Å². The molecular formula is C29H23ClN6O3. The van der Waals surface area contributed by atoms with Crippen LogP contribution in [0, 0.1) is 0 Å². The number of fused-ring (bicyclic) bond motifs is 1. The molecule has 0 fully saturated rings. The van der Waals surface area contributed by atoms with Crippen molar-refractivity contribution in [3.63, 3.8) is 0 Å². The second kappa shape index (κ2) is 11.2.